The molecule has 0 saturated carbocycles. The SMILES string of the molecule is C(=NNC(=Nc1ccccc1)c1nc2ccccc2s1)c1nc2ccccc2s1. The normalized spacial score (nSPS) is 12.2. The molecule has 0 aliphatic rings. The van der Waals surface area contributed by atoms with Gasteiger partial charge in [0.25, 0.3) is 0 Å². The van der Waals surface area contributed by atoms with Crippen molar-refractivity contribution in [2.75, 3.05) is 0 Å². The van der Waals surface area contributed by atoms with E-state index in [4.69, 9.17) is 9.98 Å². The summed E-state index contributed by atoms with van der Waals surface area (Å²) in [5.74, 6) is 0.606. The first-order chi connectivity index (χ1) is 14.3. The lowest BCUT2D eigenvalue weighted by molar-refractivity contribution is 1.03. The van der Waals surface area contributed by atoms with E-state index >= 15 is 0 Å². The number of para-hydroxylation sites is 3. The van der Waals surface area contributed by atoms with Crippen LogP contribution < -0.4 is 5.43 Å². The van der Waals surface area contributed by atoms with Crippen molar-refractivity contribution >= 4 is 60.8 Å². The van der Waals surface area contributed by atoms with Crippen LogP contribution in [0, 0.1) is 0 Å². The van der Waals surface area contributed by atoms with Gasteiger partial charge in [-0.05, 0) is 36.4 Å². The number of hydrogen-bond acceptors (Lipinski definition) is 6. The predicted octanol–water partition coefficient (Wildman–Crippen LogP) is 5.61. The lowest BCUT2D eigenvalue weighted by Crippen LogP contribution is -2.18. The fraction of sp³-hybridized carbons (Fsp3) is 0. The summed E-state index contributed by atoms with van der Waals surface area (Å²) in [7, 11) is 0. The zero-order valence-electron chi connectivity index (χ0n) is 15.2. The van der Waals surface area contributed by atoms with Gasteiger partial charge in [0.1, 0.15) is 5.01 Å². The average molecular weight is 414 g/mol. The van der Waals surface area contributed by atoms with Gasteiger partial charge in [-0.3, -0.25) is 5.43 Å². The van der Waals surface area contributed by atoms with Gasteiger partial charge in [0.05, 0.1) is 32.3 Å². The van der Waals surface area contributed by atoms with Crippen LogP contribution >= 0.6 is 22.7 Å². The molecule has 0 saturated heterocycles. The monoisotopic (exact) mass is 413 g/mol. The number of hydrazone groups is 1. The fourth-order valence-electron chi connectivity index (χ4n) is 2.82. The third kappa shape index (κ3) is 3.91. The van der Waals surface area contributed by atoms with E-state index in [9.17, 15) is 0 Å². The second-order valence-electron chi connectivity index (χ2n) is 6.17. The molecule has 7 heteroatoms. The Labute approximate surface area is 175 Å². The highest BCUT2D eigenvalue weighted by atomic mass is 32.1. The number of nitrogens with one attached hydrogen (secondary N) is 1. The number of aromatic nitrogens is 2. The third-order valence-corrected chi connectivity index (χ3v) is 6.16. The van der Waals surface area contributed by atoms with Crippen LogP contribution in [-0.2, 0) is 0 Å². The van der Waals surface area contributed by atoms with Crippen molar-refractivity contribution in [3.05, 3.63) is 88.9 Å². The topological polar surface area (TPSA) is 62.5 Å². The van der Waals surface area contributed by atoms with E-state index in [1.165, 1.54) is 0 Å². The minimum Gasteiger partial charge on any atom is -0.259 e. The molecule has 0 aliphatic carbocycles. The summed E-state index contributed by atoms with van der Waals surface area (Å²) >= 11 is 3.18. The number of aliphatic imine (C=N–C) groups is 1. The summed E-state index contributed by atoms with van der Waals surface area (Å²) < 4.78 is 2.25. The van der Waals surface area contributed by atoms with Gasteiger partial charge in [0, 0.05) is 0 Å². The molecule has 0 aliphatic heterocycles. The van der Waals surface area contributed by atoms with E-state index < -0.39 is 0 Å². The van der Waals surface area contributed by atoms with Gasteiger partial charge in [-0.25, -0.2) is 15.0 Å². The van der Waals surface area contributed by atoms with Crippen LogP contribution in [0.25, 0.3) is 20.4 Å². The Hall–Kier alpha value is -3.42. The van der Waals surface area contributed by atoms with E-state index in [0.717, 1.165) is 36.1 Å². The molecule has 29 heavy (non-hydrogen) atoms. The van der Waals surface area contributed by atoms with Crippen LogP contribution in [0.3, 0.4) is 0 Å². The van der Waals surface area contributed by atoms with Gasteiger partial charge in [-0.1, -0.05) is 42.5 Å². The van der Waals surface area contributed by atoms with Crippen LogP contribution in [0.5, 0.6) is 0 Å². The molecule has 2 aromatic heterocycles. The Morgan fingerprint density at radius 3 is 2.14 bits per heavy atom. The summed E-state index contributed by atoms with van der Waals surface area (Å²) in [6.07, 6.45) is 1.72. The molecule has 1 N–H and O–H groups in total. The van der Waals surface area contributed by atoms with E-state index in [1.807, 2.05) is 66.7 Å². The molecular weight excluding hydrogens is 398 g/mol. The lowest BCUT2D eigenvalue weighted by atomic mass is 10.3. The molecule has 0 unspecified atom stereocenters. The highest BCUT2D eigenvalue weighted by Gasteiger charge is 2.10. The van der Waals surface area contributed by atoms with Crippen molar-refractivity contribution in [1.82, 2.24) is 15.4 Å². The summed E-state index contributed by atoms with van der Waals surface area (Å²) in [5, 5.41) is 6.01. The average Bonchev–Trinajstić information content (AvgIpc) is 3.37. The number of hydrogen-bond donors (Lipinski definition) is 1. The minimum absolute atomic E-state index is 0.606. The van der Waals surface area contributed by atoms with Crippen LogP contribution in [-0.4, -0.2) is 22.0 Å². The Balaban J connectivity index is 1.47. The molecule has 140 valence electrons. The fourth-order valence-corrected chi connectivity index (χ4v) is 4.56. The maximum absolute atomic E-state index is 4.72. The van der Waals surface area contributed by atoms with E-state index in [0.29, 0.717) is 5.84 Å². The number of benzene rings is 3. The molecular formula is C22H15N5S2. The van der Waals surface area contributed by atoms with E-state index in [1.54, 1.807) is 28.9 Å². The highest BCUT2D eigenvalue weighted by Crippen LogP contribution is 2.23. The van der Waals surface area contributed by atoms with Gasteiger partial charge >= 0.3 is 0 Å². The lowest BCUT2D eigenvalue weighted by Gasteiger charge is -2.02. The number of rotatable bonds is 4. The van der Waals surface area contributed by atoms with E-state index in [2.05, 4.69) is 27.6 Å². The van der Waals surface area contributed by atoms with Crippen LogP contribution in [0.1, 0.15) is 10.0 Å². The molecule has 0 fully saturated rings. The van der Waals surface area contributed by atoms with Crippen molar-refractivity contribution in [2.45, 2.75) is 0 Å². The Bertz CT molecular complexity index is 1270. The van der Waals surface area contributed by atoms with Gasteiger partial charge < -0.3 is 0 Å². The standard InChI is InChI=1S/C22H15N5S2/c1-2-8-15(9-3-1)24-21(22-26-17-11-5-7-13-19(17)29-22)27-23-14-20-25-16-10-4-6-12-18(16)28-20/h1-14H,(H,24,27). The highest BCUT2D eigenvalue weighted by molar-refractivity contribution is 7.20. The van der Waals surface area contributed by atoms with Gasteiger partial charge in [0.2, 0.25) is 0 Å². The van der Waals surface area contributed by atoms with Crippen LogP contribution in [0.15, 0.2) is 89.0 Å². The first kappa shape index (κ1) is 17.7. The first-order valence-electron chi connectivity index (χ1n) is 8.99. The number of thiazole rings is 2. The number of fused-ring (bicyclic) bond motifs is 2. The van der Waals surface area contributed by atoms with Crippen LogP contribution in [0.4, 0.5) is 5.69 Å². The summed E-state index contributed by atoms with van der Waals surface area (Å²) in [6, 6.07) is 25.9. The molecule has 2 heterocycles. The smallest absolute Gasteiger partial charge is 0.183 e. The minimum atomic E-state index is 0.606. The van der Waals surface area contributed by atoms with Crippen molar-refractivity contribution in [1.29, 1.82) is 0 Å². The zero-order chi connectivity index (χ0) is 19.5. The van der Waals surface area contributed by atoms with Crippen molar-refractivity contribution in [3.63, 3.8) is 0 Å². The Morgan fingerprint density at radius 2 is 1.41 bits per heavy atom. The Kier molecular flexibility index (Phi) is 4.81. The first-order valence-corrected chi connectivity index (χ1v) is 10.6. The largest absolute Gasteiger partial charge is 0.259 e. The van der Waals surface area contributed by atoms with Crippen molar-refractivity contribution in [2.24, 2.45) is 10.1 Å². The van der Waals surface area contributed by atoms with Gasteiger partial charge in [-0.15, -0.1) is 22.7 Å². The van der Waals surface area contributed by atoms with Gasteiger partial charge in [-0.2, -0.15) is 5.10 Å². The third-order valence-electron chi connectivity index (χ3n) is 4.15. The molecule has 5 rings (SSSR count). The molecule has 0 amide bonds. The molecule has 3 aromatic carbocycles. The second kappa shape index (κ2) is 7.90. The maximum Gasteiger partial charge on any atom is 0.183 e. The zero-order valence-corrected chi connectivity index (χ0v) is 16.8. The van der Waals surface area contributed by atoms with Gasteiger partial charge in [0.15, 0.2) is 10.8 Å². The summed E-state index contributed by atoms with van der Waals surface area (Å²) in [4.78, 5) is 14.0. The summed E-state index contributed by atoms with van der Waals surface area (Å²) in [6.45, 7) is 0. The molecule has 0 atom stereocenters. The molecule has 5 aromatic rings. The molecule has 0 bridgehead atoms. The quantitative estimate of drug-likeness (QED) is 0.237. The molecule has 0 radical (unpaired) electrons. The predicted molar refractivity (Wildman–Crippen MR) is 123 cm³/mol. The van der Waals surface area contributed by atoms with Crippen molar-refractivity contribution in [3.8, 4) is 0 Å². The maximum atomic E-state index is 4.72. The van der Waals surface area contributed by atoms with Crippen LogP contribution in [0.2, 0.25) is 0 Å². The molecule has 0 spiro atoms. The number of amidine groups is 1. The van der Waals surface area contributed by atoms with Crippen molar-refractivity contribution < 1.29 is 0 Å². The second-order valence-corrected chi connectivity index (χ2v) is 8.27. The number of nitrogens with zero attached hydrogens (tertiary/aromatic N) is 4. The summed E-state index contributed by atoms with van der Waals surface area (Å²) in [5.41, 5.74) is 5.83. The van der Waals surface area contributed by atoms with E-state index in [-0.39, 0.29) is 0 Å². The Morgan fingerprint density at radius 1 is 0.759 bits per heavy atom. The molecule has 5 nitrogen and oxygen atoms in total.